The van der Waals surface area contributed by atoms with Crippen LogP contribution in [0.4, 0.5) is 0 Å². The van der Waals surface area contributed by atoms with E-state index in [0.717, 1.165) is 38.8 Å². The van der Waals surface area contributed by atoms with Crippen LogP contribution in [0.5, 0.6) is 0 Å². The molecule has 0 radical (unpaired) electrons. The Labute approximate surface area is 107 Å². The minimum Gasteiger partial charge on any atom is -0.342 e. The van der Waals surface area contributed by atoms with Gasteiger partial charge in [0.1, 0.15) is 0 Å². The molecule has 2 aliphatic carbocycles. The summed E-state index contributed by atoms with van der Waals surface area (Å²) in [6, 6.07) is 0. The minimum absolute atomic E-state index is 0.350. The molecular weight excluding hydrogens is 226 g/mol. The van der Waals surface area contributed by atoms with Gasteiger partial charge < -0.3 is 4.90 Å². The van der Waals surface area contributed by atoms with Crippen LogP contribution in [0.2, 0.25) is 0 Å². The van der Waals surface area contributed by atoms with E-state index in [9.17, 15) is 4.79 Å². The molecule has 1 aliphatic heterocycles. The second kappa shape index (κ2) is 3.84. The summed E-state index contributed by atoms with van der Waals surface area (Å²) in [6.45, 7) is 1.76. The molecule has 3 aliphatic rings. The average molecular weight is 245 g/mol. The molecule has 4 rings (SSSR count). The van der Waals surface area contributed by atoms with Crippen LogP contribution in [0.1, 0.15) is 48.6 Å². The van der Waals surface area contributed by atoms with Gasteiger partial charge in [0.2, 0.25) is 5.91 Å². The van der Waals surface area contributed by atoms with E-state index >= 15 is 0 Å². The van der Waals surface area contributed by atoms with Crippen molar-refractivity contribution in [2.75, 3.05) is 13.1 Å². The van der Waals surface area contributed by atoms with E-state index in [2.05, 4.69) is 15.1 Å². The molecular formula is C14H19N3O. The third-order valence-electron chi connectivity index (χ3n) is 4.45. The van der Waals surface area contributed by atoms with E-state index in [-0.39, 0.29) is 0 Å². The van der Waals surface area contributed by atoms with Crippen molar-refractivity contribution in [3.05, 3.63) is 17.0 Å². The summed E-state index contributed by atoms with van der Waals surface area (Å²) in [5, 5.41) is 7.69. The zero-order chi connectivity index (χ0) is 12.1. The first kappa shape index (κ1) is 10.6. The van der Waals surface area contributed by atoms with Gasteiger partial charge in [0.15, 0.2) is 0 Å². The minimum atomic E-state index is 0.350. The highest BCUT2D eigenvalue weighted by atomic mass is 16.2. The standard InChI is InChI=1S/C14H19N3O/c18-14(10-3-4-10)17-7-5-11-12(6-8-17)15-16-13(11)9-1-2-9/h9-10H,1-8H2,(H,15,16). The Kier molecular flexibility index (Phi) is 2.26. The van der Waals surface area contributed by atoms with Crippen LogP contribution in [0.15, 0.2) is 0 Å². The van der Waals surface area contributed by atoms with Crippen LogP contribution < -0.4 is 0 Å². The van der Waals surface area contributed by atoms with Crippen molar-refractivity contribution >= 4 is 5.91 Å². The molecule has 0 bridgehead atoms. The van der Waals surface area contributed by atoms with E-state index in [0.29, 0.717) is 17.7 Å². The monoisotopic (exact) mass is 245 g/mol. The summed E-state index contributed by atoms with van der Waals surface area (Å²) in [6.07, 6.45) is 6.75. The summed E-state index contributed by atoms with van der Waals surface area (Å²) in [4.78, 5) is 14.2. The molecule has 2 fully saturated rings. The fraction of sp³-hybridized carbons (Fsp3) is 0.714. The van der Waals surface area contributed by atoms with Gasteiger partial charge in [-0.2, -0.15) is 5.10 Å². The van der Waals surface area contributed by atoms with Crippen molar-refractivity contribution in [2.45, 2.75) is 44.4 Å². The molecule has 1 amide bonds. The lowest BCUT2D eigenvalue weighted by atomic mass is 10.1. The first-order chi connectivity index (χ1) is 8.83. The van der Waals surface area contributed by atoms with Crippen molar-refractivity contribution in [2.24, 2.45) is 5.92 Å². The molecule has 2 heterocycles. The molecule has 1 aromatic rings. The molecule has 4 nitrogen and oxygen atoms in total. The smallest absolute Gasteiger partial charge is 0.225 e. The van der Waals surface area contributed by atoms with Gasteiger partial charge in [-0.1, -0.05) is 0 Å². The lowest BCUT2D eigenvalue weighted by molar-refractivity contribution is -0.132. The van der Waals surface area contributed by atoms with Gasteiger partial charge in [0.05, 0.1) is 5.69 Å². The number of rotatable bonds is 2. The zero-order valence-electron chi connectivity index (χ0n) is 10.6. The first-order valence-electron chi connectivity index (χ1n) is 7.17. The van der Waals surface area contributed by atoms with Crippen LogP contribution >= 0.6 is 0 Å². The van der Waals surface area contributed by atoms with Gasteiger partial charge in [0, 0.05) is 37.0 Å². The molecule has 96 valence electrons. The van der Waals surface area contributed by atoms with Crippen LogP contribution in [-0.4, -0.2) is 34.1 Å². The lowest BCUT2D eigenvalue weighted by Gasteiger charge is -2.20. The summed E-state index contributed by atoms with van der Waals surface area (Å²) in [7, 11) is 0. The van der Waals surface area contributed by atoms with Crippen LogP contribution in [0.25, 0.3) is 0 Å². The number of carbonyl (C=O) groups is 1. The van der Waals surface area contributed by atoms with Crippen LogP contribution in [-0.2, 0) is 17.6 Å². The fourth-order valence-corrected chi connectivity index (χ4v) is 3.01. The van der Waals surface area contributed by atoms with Crippen molar-refractivity contribution < 1.29 is 4.79 Å². The lowest BCUT2D eigenvalue weighted by Crippen LogP contribution is -2.34. The van der Waals surface area contributed by atoms with Gasteiger partial charge in [-0.25, -0.2) is 0 Å². The van der Waals surface area contributed by atoms with Crippen LogP contribution in [0, 0.1) is 5.92 Å². The Hall–Kier alpha value is -1.32. The predicted octanol–water partition coefficient (Wildman–Crippen LogP) is 1.62. The number of hydrogen-bond acceptors (Lipinski definition) is 2. The quantitative estimate of drug-likeness (QED) is 0.860. The topological polar surface area (TPSA) is 49.0 Å². The number of amides is 1. The second-order valence-electron chi connectivity index (χ2n) is 5.94. The van der Waals surface area contributed by atoms with E-state index < -0.39 is 0 Å². The normalized spacial score (nSPS) is 23.7. The van der Waals surface area contributed by atoms with Gasteiger partial charge in [0.25, 0.3) is 0 Å². The van der Waals surface area contributed by atoms with Crippen LogP contribution in [0.3, 0.4) is 0 Å². The molecule has 18 heavy (non-hydrogen) atoms. The van der Waals surface area contributed by atoms with E-state index in [1.807, 2.05) is 0 Å². The SMILES string of the molecule is O=C(C1CC1)N1CCc2[nH]nc(C3CC3)c2CC1. The Morgan fingerprint density at radius 3 is 2.67 bits per heavy atom. The Morgan fingerprint density at radius 2 is 1.94 bits per heavy atom. The number of aromatic nitrogens is 2. The average Bonchev–Trinajstić information content (AvgIpc) is 3.27. The third-order valence-corrected chi connectivity index (χ3v) is 4.45. The summed E-state index contributed by atoms with van der Waals surface area (Å²) >= 11 is 0. The second-order valence-corrected chi connectivity index (χ2v) is 5.94. The van der Waals surface area contributed by atoms with E-state index in [1.54, 1.807) is 0 Å². The summed E-state index contributed by atoms with van der Waals surface area (Å²) in [5.41, 5.74) is 4.00. The fourth-order valence-electron chi connectivity index (χ4n) is 3.01. The molecule has 0 atom stereocenters. The van der Waals surface area contributed by atoms with Crippen molar-refractivity contribution in [1.29, 1.82) is 0 Å². The number of nitrogens with one attached hydrogen (secondary N) is 1. The van der Waals surface area contributed by atoms with Gasteiger partial charge >= 0.3 is 0 Å². The van der Waals surface area contributed by atoms with Gasteiger partial charge in [-0.15, -0.1) is 0 Å². The first-order valence-corrected chi connectivity index (χ1v) is 7.17. The molecule has 0 aromatic carbocycles. The molecule has 2 saturated carbocycles. The van der Waals surface area contributed by atoms with Gasteiger partial charge in [-0.3, -0.25) is 9.89 Å². The summed E-state index contributed by atoms with van der Waals surface area (Å²) in [5.74, 6) is 1.44. The molecule has 1 N–H and O–H groups in total. The highest BCUT2D eigenvalue weighted by molar-refractivity contribution is 5.81. The number of carbonyl (C=O) groups excluding carboxylic acids is 1. The third kappa shape index (κ3) is 1.74. The maximum atomic E-state index is 12.1. The van der Waals surface area contributed by atoms with E-state index in [1.165, 1.54) is 29.8 Å². The van der Waals surface area contributed by atoms with E-state index in [4.69, 9.17) is 0 Å². The number of nitrogens with zero attached hydrogens (tertiary/aromatic N) is 2. The highest BCUT2D eigenvalue weighted by Crippen LogP contribution is 2.42. The maximum Gasteiger partial charge on any atom is 0.225 e. The van der Waals surface area contributed by atoms with Crippen molar-refractivity contribution in [3.63, 3.8) is 0 Å². The number of H-pyrrole nitrogens is 1. The van der Waals surface area contributed by atoms with Crippen molar-refractivity contribution in [1.82, 2.24) is 15.1 Å². The molecule has 0 unspecified atom stereocenters. The highest BCUT2D eigenvalue weighted by Gasteiger charge is 2.35. The maximum absolute atomic E-state index is 12.1. The Bertz CT molecular complexity index is 485. The zero-order valence-corrected chi connectivity index (χ0v) is 10.6. The Balaban J connectivity index is 1.53. The van der Waals surface area contributed by atoms with Gasteiger partial charge in [-0.05, 0) is 37.7 Å². The largest absolute Gasteiger partial charge is 0.342 e. The number of aromatic amines is 1. The number of hydrogen-bond donors (Lipinski definition) is 1. The number of fused-ring (bicyclic) bond motifs is 1. The molecule has 0 spiro atoms. The molecule has 1 aromatic heterocycles. The Morgan fingerprint density at radius 1 is 1.17 bits per heavy atom. The predicted molar refractivity (Wildman–Crippen MR) is 67.3 cm³/mol. The molecule has 0 saturated heterocycles. The summed E-state index contributed by atoms with van der Waals surface area (Å²) < 4.78 is 0. The van der Waals surface area contributed by atoms with Crippen molar-refractivity contribution in [3.8, 4) is 0 Å². The molecule has 4 heteroatoms.